The van der Waals surface area contributed by atoms with Crippen molar-refractivity contribution in [2.24, 2.45) is 0 Å². The van der Waals surface area contributed by atoms with Gasteiger partial charge in [0.15, 0.2) is 0 Å². The van der Waals surface area contributed by atoms with E-state index in [9.17, 15) is 0 Å². The molecule has 0 aliphatic carbocycles. The van der Waals surface area contributed by atoms with E-state index in [0.717, 1.165) is 44.5 Å². The van der Waals surface area contributed by atoms with E-state index in [4.69, 9.17) is 0 Å². The van der Waals surface area contributed by atoms with Gasteiger partial charge in [-0.15, -0.1) is 0 Å². The Hall–Kier alpha value is -5.30. The molecule has 5 aromatic rings. The molecule has 0 atom stereocenters. The van der Waals surface area contributed by atoms with Gasteiger partial charge in [0.25, 0.3) is 0 Å². The lowest BCUT2D eigenvalue weighted by Crippen LogP contribution is -1.91. The Morgan fingerprint density at radius 2 is 0.684 bits per heavy atom. The molecule has 0 aromatic heterocycles. The maximum absolute atomic E-state index is 3.42. The molecule has 0 spiro atoms. The van der Waals surface area contributed by atoms with Crippen LogP contribution < -0.4 is 0 Å². The van der Waals surface area contributed by atoms with Crippen LogP contribution in [-0.2, 0) is 0 Å². The van der Waals surface area contributed by atoms with Crippen molar-refractivity contribution >= 4 is 24.3 Å². The molecule has 0 heterocycles. The van der Waals surface area contributed by atoms with Crippen LogP contribution in [-0.4, -0.2) is 0 Å². The van der Waals surface area contributed by atoms with Gasteiger partial charge in [-0.3, -0.25) is 0 Å². The lowest BCUT2D eigenvalue weighted by atomic mass is 9.96. The van der Waals surface area contributed by atoms with E-state index >= 15 is 0 Å². The van der Waals surface area contributed by atoms with Gasteiger partial charge in [0, 0.05) is 22.3 Å². The molecule has 0 fully saturated rings. The molecule has 0 saturated heterocycles. The maximum Gasteiger partial charge on any atom is 0.0328 e. The number of hydrogen-bond donors (Lipinski definition) is 0. The fourth-order valence-corrected chi connectivity index (χ4v) is 3.95. The summed E-state index contributed by atoms with van der Waals surface area (Å²) in [5.41, 5.74) is 8.23. The maximum atomic E-state index is 3.42. The van der Waals surface area contributed by atoms with Gasteiger partial charge in [0.05, 0.1) is 0 Å². The van der Waals surface area contributed by atoms with Crippen molar-refractivity contribution in [1.29, 1.82) is 0 Å². The summed E-state index contributed by atoms with van der Waals surface area (Å²) in [6.07, 6.45) is 8.50. The monoisotopic (exact) mass is 482 g/mol. The molecular weight excluding hydrogens is 456 g/mol. The lowest BCUT2D eigenvalue weighted by molar-refractivity contribution is 1.52. The van der Waals surface area contributed by atoms with Gasteiger partial charge < -0.3 is 0 Å². The second-order valence-corrected chi connectivity index (χ2v) is 8.75. The van der Waals surface area contributed by atoms with Crippen molar-refractivity contribution in [2.45, 2.75) is 0 Å². The van der Waals surface area contributed by atoms with Gasteiger partial charge in [-0.05, 0) is 58.7 Å². The van der Waals surface area contributed by atoms with Gasteiger partial charge in [-0.1, -0.05) is 145 Å². The zero-order valence-corrected chi connectivity index (χ0v) is 21.0. The topological polar surface area (TPSA) is 0 Å². The van der Waals surface area contributed by atoms with E-state index < -0.39 is 0 Å². The lowest BCUT2D eigenvalue weighted by Gasteiger charge is -2.07. The van der Waals surface area contributed by atoms with Crippen LogP contribution in [0.15, 0.2) is 133 Å². The summed E-state index contributed by atoms with van der Waals surface area (Å²) in [7, 11) is 0. The highest BCUT2D eigenvalue weighted by Gasteiger charge is 2.05. The minimum absolute atomic E-state index is 0.957. The highest BCUT2D eigenvalue weighted by molar-refractivity contribution is 5.79. The smallest absolute Gasteiger partial charge is 0.0328 e. The van der Waals surface area contributed by atoms with Crippen molar-refractivity contribution in [2.75, 3.05) is 0 Å². The average molecular weight is 483 g/mol. The molecular formula is C38H26. The van der Waals surface area contributed by atoms with Crippen LogP contribution in [0.5, 0.6) is 0 Å². The predicted molar refractivity (Wildman–Crippen MR) is 162 cm³/mol. The van der Waals surface area contributed by atoms with Crippen LogP contribution in [0.1, 0.15) is 44.5 Å². The summed E-state index contributed by atoms with van der Waals surface area (Å²) in [6.45, 7) is 0. The Balaban J connectivity index is 1.63. The quantitative estimate of drug-likeness (QED) is 0.177. The largest absolute Gasteiger partial charge is 0.0622 e. The molecule has 0 unspecified atom stereocenters. The Morgan fingerprint density at radius 3 is 1.05 bits per heavy atom. The van der Waals surface area contributed by atoms with Gasteiger partial charge in [-0.25, -0.2) is 0 Å². The number of rotatable bonds is 4. The van der Waals surface area contributed by atoms with Crippen LogP contribution >= 0.6 is 0 Å². The van der Waals surface area contributed by atoms with Gasteiger partial charge in [-0.2, -0.15) is 0 Å². The highest BCUT2D eigenvalue weighted by atomic mass is 14.1. The Bertz CT molecular complexity index is 1540. The van der Waals surface area contributed by atoms with E-state index in [2.05, 4.69) is 84.4 Å². The fraction of sp³-hybridized carbons (Fsp3) is 0. The SMILES string of the molecule is C(#Cc1cc(/C=C/c2ccccc2)c(C#Cc2ccccc2)cc1/C=C/c1ccccc1)c1ccccc1. The molecule has 0 aliphatic heterocycles. The van der Waals surface area contributed by atoms with Crippen molar-refractivity contribution < 1.29 is 0 Å². The average Bonchev–Trinajstić information content (AvgIpc) is 2.99. The first-order valence-corrected chi connectivity index (χ1v) is 12.6. The minimum Gasteiger partial charge on any atom is -0.0622 e. The number of benzene rings is 5. The second-order valence-electron chi connectivity index (χ2n) is 8.75. The predicted octanol–water partition coefficient (Wildman–Crippen LogP) is 8.83. The molecule has 5 rings (SSSR count). The molecule has 0 aliphatic rings. The van der Waals surface area contributed by atoms with Gasteiger partial charge >= 0.3 is 0 Å². The van der Waals surface area contributed by atoms with E-state index in [-0.39, 0.29) is 0 Å². The normalized spacial score (nSPS) is 10.5. The molecule has 0 bridgehead atoms. The molecule has 0 nitrogen and oxygen atoms in total. The molecule has 178 valence electrons. The molecule has 5 aromatic carbocycles. The summed E-state index contributed by atoms with van der Waals surface area (Å²) in [5.74, 6) is 13.5. The summed E-state index contributed by atoms with van der Waals surface area (Å²) >= 11 is 0. The first-order valence-electron chi connectivity index (χ1n) is 12.6. The highest BCUT2D eigenvalue weighted by Crippen LogP contribution is 2.22. The van der Waals surface area contributed by atoms with E-state index in [0.29, 0.717) is 0 Å². The minimum atomic E-state index is 0.957. The molecule has 0 amide bonds. The van der Waals surface area contributed by atoms with Crippen LogP contribution in [0, 0.1) is 23.7 Å². The molecule has 0 radical (unpaired) electrons. The van der Waals surface area contributed by atoms with Gasteiger partial charge in [0.2, 0.25) is 0 Å². The fourth-order valence-electron chi connectivity index (χ4n) is 3.95. The first kappa shape index (κ1) is 24.4. The molecule has 0 saturated carbocycles. The third-order valence-corrected chi connectivity index (χ3v) is 5.96. The van der Waals surface area contributed by atoms with Crippen LogP contribution in [0.25, 0.3) is 24.3 Å². The Morgan fingerprint density at radius 1 is 0.342 bits per heavy atom. The van der Waals surface area contributed by atoms with Crippen LogP contribution in [0.2, 0.25) is 0 Å². The van der Waals surface area contributed by atoms with Crippen molar-refractivity contribution in [3.8, 4) is 23.7 Å². The molecule has 0 N–H and O–H groups in total. The van der Waals surface area contributed by atoms with Gasteiger partial charge in [0.1, 0.15) is 0 Å². The summed E-state index contributed by atoms with van der Waals surface area (Å²) < 4.78 is 0. The molecule has 0 heteroatoms. The summed E-state index contributed by atoms with van der Waals surface area (Å²) in [6, 6.07) is 45.1. The summed E-state index contributed by atoms with van der Waals surface area (Å²) in [4.78, 5) is 0. The van der Waals surface area contributed by atoms with E-state index in [1.165, 1.54) is 0 Å². The van der Waals surface area contributed by atoms with Crippen molar-refractivity contribution in [3.63, 3.8) is 0 Å². The Labute approximate surface area is 225 Å². The zero-order valence-electron chi connectivity index (χ0n) is 21.0. The third kappa shape index (κ3) is 6.89. The Kier molecular flexibility index (Phi) is 8.09. The van der Waals surface area contributed by atoms with E-state index in [1.54, 1.807) is 0 Å². The number of hydrogen-bond acceptors (Lipinski definition) is 0. The summed E-state index contributed by atoms with van der Waals surface area (Å²) in [5, 5.41) is 0. The zero-order chi connectivity index (χ0) is 25.8. The standard InChI is InChI=1S/C38H26/c1-5-13-31(14-6-1)21-25-35-29-37(27-23-33-17-9-3-10-18-33)38(28-24-34-19-11-4-12-20-34)30-36(35)26-22-32-15-7-2-8-16-32/h1-21,24-25,28-30H/b25-21+,28-24+. The molecule has 38 heavy (non-hydrogen) atoms. The third-order valence-electron chi connectivity index (χ3n) is 5.96. The van der Waals surface area contributed by atoms with Crippen molar-refractivity contribution in [3.05, 3.63) is 178 Å². The van der Waals surface area contributed by atoms with Crippen molar-refractivity contribution in [1.82, 2.24) is 0 Å². The second kappa shape index (κ2) is 12.6. The van der Waals surface area contributed by atoms with Crippen LogP contribution in [0.3, 0.4) is 0 Å². The van der Waals surface area contributed by atoms with Crippen LogP contribution in [0.4, 0.5) is 0 Å². The first-order chi connectivity index (χ1) is 18.8. The van der Waals surface area contributed by atoms with E-state index in [1.807, 2.05) is 97.1 Å².